The molecule has 0 saturated carbocycles. The molecule has 1 N–H and O–H groups in total. The number of piperazine rings is 1. The van der Waals surface area contributed by atoms with Crippen molar-refractivity contribution in [3.63, 3.8) is 0 Å². The highest BCUT2D eigenvalue weighted by atomic mass is 16.6. The molecule has 6 heteroatoms. The van der Waals surface area contributed by atoms with Crippen molar-refractivity contribution < 1.29 is 4.92 Å². The predicted octanol–water partition coefficient (Wildman–Crippen LogP) is 1.77. The highest BCUT2D eigenvalue weighted by Crippen LogP contribution is 2.25. The maximum Gasteiger partial charge on any atom is 0.292 e. The summed E-state index contributed by atoms with van der Waals surface area (Å²) in [5.41, 5.74) is 1.83. The molecule has 0 atom stereocenters. The monoisotopic (exact) mass is 278 g/mol. The molecule has 0 spiro atoms. The number of nitro benzene ring substituents is 1. The summed E-state index contributed by atoms with van der Waals surface area (Å²) in [4.78, 5) is 15.4. The topological polar surface area (TPSA) is 61.7 Å². The maximum absolute atomic E-state index is 10.9. The van der Waals surface area contributed by atoms with Gasteiger partial charge in [0.25, 0.3) is 5.69 Å². The van der Waals surface area contributed by atoms with Crippen molar-refractivity contribution in [2.24, 2.45) is 0 Å². The number of likely N-dealkylation sites (N-methyl/N-ethyl adjacent to an activating group) is 1. The highest BCUT2D eigenvalue weighted by molar-refractivity contribution is 5.62. The van der Waals surface area contributed by atoms with Gasteiger partial charge in [-0.1, -0.05) is 13.0 Å². The second-order valence-electron chi connectivity index (χ2n) is 5.07. The summed E-state index contributed by atoms with van der Waals surface area (Å²) in [6.07, 6.45) is 0. The van der Waals surface area contributed by atoms with Crippen LogP contribution in [0.3, 0.4) is 0 Å². The van der Waals surface area contributed by atoms with Gasteiger partial charge in [0.15, 0.2) is 0 Å². The number of nitrogens with one attached hydrogen (secondary N) is 1. The molecule has 0 unspecified atom stereocenters. The lowest BCUT2D eigenvalue weighted by Gasteiger charge is -2.34. The van der Waals surface area contributed by atoms with Crippen molar-refractivity contribution in [2.75, 3.05) is 45.1 Å². The smallest absolute Gasteiger partial charge is 0.292 e. The second-order valence-corrected chi connectivity index (χ2v) is 5.07. The first-order valence-corrected chi connectivity index (χ1v) is 7.03. The van der Waals surface area contributed by atoms with Gasteiger partial charge in [0.1, 0.15) is 5.69 Å². The van der Waals surface area contributed by atoms with Gasteiger partial charge in [-0.25, -0.2) is 0 Å². The van der Waals surface area contributed by atoms with Gasteiger partial charge in [-0.15, -0.1) is 0 Å². The molecule has 0 radical (unpaired) electrons. The Bertz CT molecular complexity index is 470. The number of hydrogen-bond acceptors (Lipinski definition) is 5. The Labute approximate surface area is 119 Å². The van der Waals surface area contributed by atoms with Crippen LogP contribution in [0, 0.1) is 10.1 Å². The van der Waals surface area contributed by atoms with E-state index in [-0.39, 0.29) is 10.6 Å². The van der Waals surface area contributed by atoms with E-state index in [2.05, 4.69) is 22.0 Å². The highest BCUT2D eigenvalue weighted by Gasteiger charge is 2.17. The van der Waals surface area contributed by atoms with Crippen LogP contribution < -0.4 is 5.32 Å². The Kier molecular flexibility index (Phi) is 4.92. The third-order valence-electron chi connectivity index (χ3n) is 3.85. The van der Waals surface area contributed by atoms with Crippen LogP contribution in [-0.2, 0) is 6.54 Å². The fraction of sp³-hybridized carbons (Fsp3) is 0.571. The Balaban J connectivity index is 2.01. The first-order chi connectivity index (χ1) is 9.63. The molecule has 1 aromatic carbocycles. The lowest BCUT2D eigenvalue weighted by atomic mass is 10.1. The van der Waals surface area contributed by atoms with Gasteiger partial charge in [-0.3, -0.25) is 15.0 Å². The van der Waals surface area contributed by atoms with Crippen LogP contribution in [0.4, 0.5) is 11.4 Å². The van der Waals surface area contributed by atoms with E-state index >= 15 is 0 Å². The maximum atomic E-state index is 10.9. The van der Waals surface area contributed by atoms with Crippen LogP contribution in [0.25, 0.3) is 0 Å². The van der Waals surface area contributed by atoms with Crippen LogP contribution >= 0.6 is 0 Å². The van der Waals surface area contributed by atoms with Crippen LogP contribution in [0.5, 0.6) is 0 Å². The van der Waals surface area contributed by atoms with Crippen molar-refractivity contribution in [3.05, 3.63) is 33.9 Å². The minimum atomic E-state index is -0.352. The molecule has 1 aliphatic heterocycles. The molecule has 0 bridgehead atoms. The molecule has 0 amide bonds. The van der Waals surface area contributed by atoms with E-state index in [1.54, 1.807) is 13.1 Å². The molecule has 0 aromatic heterocycles. The van der Waals surface area contributed by atoms with Crippen LogP contribution in [0.1, 0.15) is 12.5 Å². The summed E-state index contributed by atoms with van der Waals surface area (Å²) < 4.78 is 0. The molecule has 1 aromatic rings. The minimum Gasteiger partial charge on any atom is -0.383 e. The number of benzene rings is 1. The molecule has 1 fully saturated rings. The van der Waals surface area contributed by atoms with E-state index in [9.17, 15) is 10.1 Å². The summed E-state index contributed by atoms with van der Waals surface area (Å²) in [5.74, 6) is 0. The predicted molar refractivity (Wildman–Crippen MR) is 80.0 cm³/mol. The number of hydrogen-bond donors (Lipinski definition) is 1. The first kappa shape index (κ1) is 14.7. The van der Waals surface area contributed by atoms with Gasteiger partial charge in [0.2, 0.25) is 0 Å². The van der Waals surface area contributed by atoms with Crippen molar-refractivity contribution in [1.82, 2.24) is 9.80 Å². The van der Waals surface area contributed by atoms with Crippen molar-refractivity contribution in [2.45, 2.75) is 13.5 Å². The Morgan fingerprint density at radius 1 is 1.25 bits per heavy atom. The van der Waals surface area contributed by atoms with E-state index < -0.39 is 0 Å². The van der Waals surface area contributed by atoms with E-state index in [1.807, 2.05) is 12.1 Å². The summed E-state index contributed by atoms with van der Waals surface area (Å²) in [5, 5.41) is 13.8. The van der Waals surface area contributed by atoms with Gasteiger partial charge >= 0.3 is 0 Å². The zero-order valence-corrected chi connectivity index (χ0v) is 12.1. The van der Waals surface area contributed by atoms with Gasteiger partial charge < -0.3 is 10.2 Å². The van der Waals surface area contributed by atoms with Crippen LogP contribution in [0.15, 0.2) is 18.2 Å². The van der Waals surface area contributed by atoms with Gasteiger partial charge in [-0.2, -0.15) is 0 Å². The van der Waals surface area contributed by atoms with Gasteiger partial charge in [0.05, 0.1) is 4.92 Å². The van der Waals surface area contributed by atoms with Crippen LogP contribution in [0.2, 0.25) is 0 Å². The average Bonchev–Trinajstić information content (AvgIpc) is 2.47. The molecule has 1 aliphatic rings. The molecule has 6 nitrogen and oxygen atoms in total. The SMILES string of the molecule is CCN1CCN(Cc2ccc([N+](=O)[O-])c(NC)c2)CC1. The Morgan fingerprint density at radius 3 is 2.45 bits per heavy atom. The lowest BCUT2D eigenvalue weighted by Crippen LogP contribution is -2.45. The van der Waals surface area contributed by atoms with E-state index in [0.717, 1.165) is 44.8 Å². The normalized spacial score (nSPS) is 17.1. The molecule has 0 aliphatic carbocycles. The lowest BCUT2D eigenvalue weighted by molar-refractivity contribution is -0.384. The molecular weight excluding hydrogens is 256 g/mol. The fourth-order valence-electron chi connectivity index (χ4n) is 2.56. The largest absolute Gasteiger partial charge is 0.383 e. The number of anilines is 1. The van der Waals surface area contributed by atoms with E-state index in [0.29, 0.717) is 5.69 Å². The summed E-state index contributed by atoms with van der Waals surface area (Å²) in [6.45, 7) is 8.45. The van der Waals surface area contributed by atoms with Gasteiger partial charge in [-0.05, 0) is 18.2 Å². The summed E-state index contributed by atoms with van der Waals surface area (Å²) in [7, 11) is 1.71. The number of nitro groups is 1. The summed E-state index contributed by atoms with van der Waals surface area (Å²) >= 11 is 0. The molecule has 20 heavy (non-hydrogen) atoms. The van der Waals surface area contributed by atoms with Gasteiger partial charge in [0, 0.05) is 45.8 Å². The molecule has 1 heterocycles. The zero-order chi connectivity index (χ0) is 14.5. The molecular formula is C14H22N4O2. The van der Waals surface area contributed by atoms with E-state index in [1.165, 1.54) is 0 Å². The Hall–Kier alpha value is -1.66. The number of rotatable bonds is 5. The van der Waals surface area contributed by atoms with Crippen molar-refractivity contribution in [3.8, 4) is 0 Å². The quantitative estimate of drug-likeness (QED) is 0.657. The molecule has 110 valence electrons. The average molecular weight is 278 g/mol. The second kappa shape index (κ2) is 6.67. The van der Waals surface area contributed by atoms with E-state index in [4.69, 9.17) is 0 Å². The Morgan fingerprint density at radius 2 is 1.90 bits per heavy atom. The third-order valence-corrected chi connectivity index (χ3v) is 3.85. The first-order valence-electron chi connectivity index (χ1n) is 7.03. The minimum absolute atomic E-state index is 0.132. The third kappa shape index (κ3) is 3.46. The standard InChI is InChI=1S/C14H22N4O2/c1-3-16-6-8-17(9-7-16)11-12-4-5-14(18(19)20)13(10-12)15-2/h4-5,10,15H,3,6-9,11H2,1-2H3. The van der Waals surface area contributed by atoms with Crippen LogP contribution in [-0.4, -0.2) is 54.5 Å². The fourth-order valence-corrected chi connectivity index (χ4v) is 2.56. The molecule has 2 rings (SSSR count). The number of nitrogens with zero attached hydrogens (tertiary/aromatic N) is 3. The molecule has 1 saturated heterocycles. The zero-order valence-electron chi connectivity index (χ0n) is 12.1. The summed E-state index contributed by atoms with van der Waals surface area (Å²) in [6, 6.07) is 5.32. The van der Waals surface area contributed by atoms with Crippen molar-refractivity contribution in [1.29, 1.82) is 0 Å². The van der Waals surface area contributed by atoms with Crippen molar-refractivity contribution >= 4 is 11.4 Å².